The van der Waals surface area contributed by atoms with Crippen LogP contribution in [0.4, 0.5) is 0 Å². The minimum Gasteiger partial charge on any atom is -0.352 e. The van der Waals surface area contributed by atoms with E-state index in [0.29, 0.717) is 36.7 Å². The van der Waals surface area contributed by atoms with Crippen molar-refractivity contribution < 1.29 is 13.2 Å². The Hall–Kier alpha value is -1.44. The number of rotatable bonds is 7. The van der Waals surface area contributed by atoms with Gasteiger partial charge in [-0.2, -0.15) is 4.31 Å². The van der Waals surface area contributed by atoms with Gasteiger partial charge in [0, 0.05) is 25.2 Å². The summed E-state index contributed by atoms with van der Waals surface area (Å²) < 4.78 is 27.0. The molecule has 1 aromatic carbocycles. The van der Waals surface area contributed by atoms with Gasteiger partial charge in [-0.3, -0.25) is 4.79 Å². The van der Waals surface area contributed by atoms with Crippen LogP contribution >= 0.6 is 0 Å². The van der Waals surface area contributed by atoms with E-state index < -0.39 is 10.0 Å². The monoisotopic (exact) mass is 367 g/mol. The minimum atomic E-state index is -3.58. The highest BCUT2D eigenvalue weighted by Gasteiger charge is 2.25. The Kier molecular flexibility index (Phi) is 6.98. The van der Waals surface area contributed by atoms with Gasteiger partial charge >= 0.3 is 0 Å². The van der Waals surface area contributed by atoms with Crippen molar-refractivity contribution >= 4 is 15.9 Å². The summed E-state index contributed by atoms with van der Waals surface area (Å²) in [5.74, 6) is 0.212. The molecule has 1 aliphatic heterocycles. The molecule has 1 fully saturated rings. The topological polar surface area (TPSA) is 78.5 Å². The standard InChI is InChI=1S/C18H29N3O3S/c1-4-21(5-2)25(23,24)17-11-16(9-8-14(17)3)18(22)20-13-15-7-6-10-19-12-15/h8-9,11,15,19H,4-7,10,12-13H2,1-3H3,(H,20,22). The number of nitrogens with zero attached hydrogens (tertiary/aromatic N) is 1. The van der Waals surface area contributed by atoms with E-state index in [1.807, 2.05) is 13.8 Å². The van der Waals surface area contributed by atoms with Crippen molar-refractivity contribution in [3.63, 3.8) is 0 Å². The van der Waals surface area contributed by atoms with Gasteiger partial charge in [0.15, 0.2) is 0 Å². The first-order valence-electron chi connectivity index (χ1n) is 8.99. The zero-order valence-corrected chi connectivity index (χ0v) is 16.2. The Labute approximate surface area is 151 Å². The van der Waals surface area contributed by atoms with Crippen LogP contribution in [0.1, 0.15) is 42.6 Å². The average Bonchev–Trinajstić information content (AvgIpc) is 2.61. The summed E-state index contributed by atoms with van der Waals surface area (Å²) in [4.78, 5) is 12.7. The van der Waals surface area contributed by atoms with E-state index >= 15 is 0 Å². The predicted octanol–water partition coefficient (Wildman–Crippen LogP) is 1.75. The van der Waals surface area contributed by atoms with E-state index in [4.69, 9.17) is 0 Å². The lowest BCUT2D eigenvalue weighted by Crippen LogP contribution is -2.38. The second-order valence-corrected chi connectivity index (χ2v) is 8.40. The maximum absolute atomic E-state index is 12.8. The number of piperidine rings is 1. The zero-order chi connectivity index (χ0) is 18.4. The van der Waals surface area contributed by atoms with E-state index in [0.717, 1.165) is 25.9 Å². The van der Waals surface area contributed by atoms with Crippen molar-refractivity contribution in [1.29, 1.82) is 0 Å². The summed E-state index contributed by atoms with van der Waals surface area (Å²) in [7, 11) is -3.58. The van der Waals surface area contributed by atoms with Gasteiger partial charge in [0.05, 0.1) is 4.90 Å². The van der Waals surface area contributed by atoms with Crippen LogP contribution in [0.25, 0.3) is 0 Å². The SMILES string of the molecule is CCN(CC)S(=O)(=O)c1cc(C(=O)NCC2CCCNC2)ccc1C. The summed E-state index contributed by atoms with van der Waals surface area (Å²) >= 11 is 0. The molecule has 0 bridgehead atoms. The van der Waals surface area contributed by atoms with Gasteiger partial charge in [-0.15, -0.1) is 0 Å². The van der Waals surface area contributed by atoms with Crippen molar-refractivity contribution in [3.05, 3.63) is 29.3 Å². The van der Waals surface area contributed by atoms with E-state index in [1.165, 1.54) is 10.4 Å². The molecule has 2 rings (SSSR count). The van der Waals surface area contributed by atoms with E-state index in [9.17, 15) is 13.2 Å². The number of hydrogen-bond donors (Lipinski definition) is 2. The van der Waals surface area contributed by atoms with Crippen LogP contribution in [0.15, 0.2) is 23.1 Å². The van der Waals surface area contributed by atoms with Crippen molar-refractivity contribution in [2.45, 2.75) is 38.5 Å². The van der Waals surface area contributed by atoms with E-state index in [2.05, 4.69) is 10.6 Å². The van der Waals surface area contributed by atoms with Crippen LogP contribution in [-0.2, 0) is 10.0 Å². The summed E-state index contributed by atoms with van der Waals surface area (Å²) in [6, 6.07) is 4.88. The number of hydrogen-bond acceptors (Lipinski definition) is 4. The summed E-state index contributed by atoms with van der Waals surface area (Å²) in [5, 5.41) is 6.26. The third-order valence-electron chi connectivity index (χ3n) is 4.72. The van der Waals surface area contributed by atoms with Gasteiger partial charge in [-0.1, -0.05) is 19.9 Å². The Balaban J connectivity index is 2.15. The fraction of sp³-hybridized carbons (Fsp3) is 0.611. The Morgan fingerprint density at radius 3 is 2.64 bits per heavy atom. The van der Waals surface area contributed by atoms with Crippen LogP contribution in [-0.4, -0.2) is 51.4 Å². The van der Waals surface area contributed by atoms with Gasteiger partial charge in [-0.05, 0) is 56.5 Å². The van der Waals surface area contributed by atoms with Gasteiger partial charge in [0.25, 0.3) is 5.91 Å². The molecule has 140 valence electrons. The van der Waals surface area contributed by atoms with Crippen molar-refractivity contribution in [3.8, 4) is 0 Å². The lowest BCUT2D eigenvalue weighted by Gasteiger charge is -2.23. The molecule has 0 radical (unpaired) electrons. The first kappa shape index (κ1) is 19.9. The minimum absolute atomic E-state index is 0.211. The number of sulfonamides is 1. The van der Waals surface area contributed by atoms with Crippen molar-refractivity contribution in [2.24, 2.45) is 5.92 Å². The van der Waals surface area contributed by atoms with E-state index in [-0.39, 0.29) is 10.8 Å². The predicted molar refractivity (Wildman–Crippen MR) is 99.2 cm³/mol. The number of carbonyl (C=O) groups excluding carboxylic acids is 1. The molecule has 0 aliphatic carbocycles. The second kappa shape index (κ2) is 8.78. The largest absolute Gasteiger partial charge is 0.352 e. The van der Waals surface area contributed by atoms with Crippen molar-refractivity contribution in [2.75, 3.05) is 32.7 Å². The quantitative estimate of drug-likeness (QED) is 0.770. The first-order valence-corrected chi connectivity index (χ1v) is 10.4. The highest BCUT2D eigenvalue weighted by Crippen LogP contribution is 2.21. The molecule has 1 aliphatic rings. The van der Waals surface area contributed by atoms with Crippen LogP contribution in [0.5, 0.6) is 0 Å². The third kappa shape index (κ3) is 4.80. The highest BCUT2D eigenvalue weighted by atomic mass is 32.2. The normalized spacial score (nSPS) is 18.3. The Morgan fingerprint density at radius 2 is 2.04 bits per heavy atom. The van der Waals surface area contributed by atoms with Gasteiger partial charge < -0.3 is 10.6 Å². The zero-order valence-electron chi connectivity index (χ0n) is 15.3. The van der Waals surface area contributed by atoms with Crippen LogP contribution in [0, 0.1) is 12.8 Å². The highest BCUT2D eigenvalue weighted by molar-refractivity contribution is 7.89. The number of aryl methyl sites for hydroxylation is 1. The molecule has 1 unspecified atom stereocenters. The molecule has 0 aromatic heterocycles. The van der Waals surface area contributed by atoms with Crippen LogP contribution < -0.4 is 10.6 Å². The second-order valence-electron chi connectivity index (χ2n) is 6.49. The van der Waals surface area contributed by atoms with Crippen LogP contribution in [0.2, 0.25) is 0 Å². The van der Waals surface area contributed by atoms with Gasteiger partial charge in [0.2, 0.25) is 10.0 Å². The molecule has 1 atom stereocenters. The van der Waals surface area contributed by atoms with Gasteiger partial charge in [-0.25, -0.2) is 8.42 Å². The fourth-order valence-corrected chi connectivity index (χ4v) is 4.87. The lowest BCUT2D eigenvalue weighted by atomic mass is 9.99. The average molecular weight is 368 g/mol. The molecule has 0 saturated carbocycles. The maximum atomic E-state index is 12.8. The molecular weight excluding hydrogens is 338 g/mol. The van der Waals surface area contributed by atoms with E-state index in [1.54, 1.807) is 19.1 Å². The fourth-order valence-electron chi connectivity index (χ4n) is 3.16. The number of benzene rings is 1. The van der Waals surface area contributed by atoms with Gasteiger partial charge in [0.1, 0.15) is 0 Å². The first-order chi connectivity index (χ1) is 11.9. The number of carbonyl (C=O) groups is 1. The molecule has 6 nitrogen and oxygen atoms in total. The molecule has 1 aromatic rings. The Morgan fingerprint density at radius 1 is 1.32 bits per heavy atom. The van der Waals surface area contributed by atoms with Crippen LogP contribution in [0.3, 0.4) is 0 Å². The Bertz CT molecular complexity index is 694. The number of nitrogens with one attached hydrogen (secondary N) is 2. The molecule has 1 saturated heterocycles. The summed E-state index contributed by atoms with van der Waals surface area (Å²) in [6.45, 7) is 8.75. The third-order valence-corrected chi connectivity index (χ3v) is 6.92. The lowest BCUT2D eigenvalue weighted by molar-refractivity contribution is 0.0944. The molecule has 1 heterocycles. The molecule has 25 heavy (non-hydrogen) atoms. The number of amides is 1. The molecule has 1 amide bonds. The van der Waals surface area contributed by atoms with Crippen molar-refractivity contribution in [1.82, 2.24) is 14.9 Å². The molecule has 2 N–H and O–H groups in total. The smallest absolute Gasteiger partial charge is 0.251 e. The summed E-state index contributed by atoms with van der Waals surface area (Å²) in [6.07, 6.45) is 2.22. The summed E-state index contributed by atoms with van der Waals surface area (Å²) in [5.41, 5.74) is 1.04. The maximum Gasteiger partial charge on any atom is 0.251 e. The molecule has 0 spiro atoms. The molecular formula is C18H29N3O3S. The molecule has 7 heteroatoms.